The van der Waals surface area contributed by atoms with Crippen LogP contribution in [0.4, 0.5) is 4.39 Å². The minimum atomic E-state index is -0.322. The minimum Gasteiger partial charge on any atom is -0.487 e. The summed E-state index contributed by atoms with van der Waals surface area (Å²) in [4.78, 5) is 0. The lowest BCUT2D eigenvalue weighted by Gasteiger charge is -2.41. The lowest BCUT2D eigenvalue weighted by atomic mass is 9.80. The highest BCUT2D eigenvalue weighted by molar-refractivity contribution is 5.29. The van der Waals surface area contributed by atoms with Crippen LogP contribution in [-0.2, 0) is 0 Å². The summed E-state index contributed by atoms with van der Waals surface area (Å²) in [6.45, 7) is 6.15. The van der Waals surface area contributed by atoms with Gasteiger partial charge in [0.2, 0.25) is 0 Å². The Kier molecular flexibility index (Phi) is 5.22. The molecule has 2 N–H and O–H groups in total. The van der Waals surface area contributed by atoms with E-state index in [9.17, 15) is 9.50 Å². The molecule has 0 aliphatic heterocycles. The molecular weight excluding hydrogens is 269 g/mol. The Bertz CT molecular complexity index is 478. The predicted molar refractivity (Wildman–Crippen MR) is 82.1 cm³/mol. The molecule has 2 atom stereocenters. The van der Waals surface area contributed by atoms with Crippen molar-refractivity contribution in [1.29, 1.82) is 0 Å². The molecule has 1 aromatic rings. The molecule has 3 nitrogen and oxygen atoms in total. The van der Waals surface area contributed by atoms with Crippen LogP contribution in [-0.4, -0.2) is 29.4 Å². The van der Waals surface area contributed by atoms with Gasteiger partial charge in [0.25, 0.3) is 0 Å². The van der Waals surface area contributed by atoms with E-state index < -0.39 is 0 Å². The molecule has 21 heavy (non-hydrogen) atoms. The first kappa shape index (κ1) is 16.2. The number of aliphatic hydroxyl groups excluding tert-OH is 1. The summed E-state index contributed by atoms with van der Waals surface area (Å²) in [6, 6.07) is 5.22. The third-order valence-electron chi connectivity index (χ3n) is 4.08. The molecule has 1 aliphatic rings. The van der Waals surface area contributed by atoms with Crippen molar-refractivity contribution >= 4 is 0 Å². The fourth-order valence-corrected chi connectivity index (χ4v) is 3.22. The smallest absolute Gasteiger partial charge is 0.165 e. The van der Waals surface area contributed by atoms with E-state index in [2.05, 4.69) is 19.2 Å². The van der Waals surface area contributed by atoms with Crippen molar-refractivity contribution in [3.05, 3.63) is 29.6 Å². The summed E-state index contributed by atoms with van der Waals surface area (Å²) in [5, 5.41) is 13.2. The summed E-state index contributed by atoms with van der Waals surface area (Å²) in [5.74, 6) is -0.00382. The summed E-state index contributed by atoms with van der Waals surface area (Å²) in [5.41, 5.74) is 0.674. The lowest BCUT2D eigenvalue weighted by molar-refractivity contribution is 0.0444. The highest BCUT2D eigenvalue weighted by Gasteiger charge is 2.37. The number of halogens is 1. The van der Waals surface area contributed by atoms with Crippen LogP contribution in [0.15, 0.2) is 18.2 Å². The van der Waals surface area contributed by atoms with Crippen molar-refractivity contribution in [2.75, 3.05) is 6.61 Å². The van der Waals surface area contributed by atoms with E-state index in [4.69, 9.17) is 4.74 Å². The van der Waals surface area contributed by atoms with Crippen LogP contribution in [0.3, 0.4) is 0 Å². The molecule has 2 unspecified atom stereocenters. The van der Waals surface area contributed by atoms with Gasteiger partial charge in [0.05, 0.1) is 6.61 Å². The molecule has 0 amide bonds. The molecule has 1 aromatic carbocycles. The first-order chi connectivity index (χ1) is 9.94. The molecular formula is C17H26FNO2. The number of rotatable bonds is 5. The maximum Gasteiger partial charge on any atom is 0.165 e. The van der Waals surface area contributed by atoms with Crippen molar-refractivity contribution < 1.29 is 14.2 Å². The van der Waals surface area contributed by atoms with Crippen LogP contribution in [0, 0.1) is 12.7 Å². The van der Waals surface area contributed by atoms with Gasteiger partial charge in [-0.05, 0) is 43.9 Å². The van der Waals surface area contributed by atoms with Gasteiger partial charge in [0, 0.05) is 18.0 Å². The summed E-state index contributed by atoms with van der Waals surface area (Å²) < 4.78 is 19.7. The van der Waals surface area contributed by atoms with Crippen LogP contribution in [0.5, 0.6) is 5.75 Å². The van der Waals surface area contributed by atoms with E-state index in [0.29, 0.717) is 18.2 Å². The van der Waals surface area contributed by atoms with Gasteiger partial charge >= 0.3 is 0 Å². The fraction of sp³-hybridized carbons (Fsp3) is 0.647. The van der Waals surface area contributed by atoms with Gasteiger partial charge < -0.3 is 15.2 Å². The molecule has 2 rings (SSSR count). The third-order valence-corrected chi connectivity index (χ3v) is 4.08. The Hall–Kier alpha value is -1.13. The highest BCUT2D eigenvalue weighted by Crippen LogP contribution is 2.32. The van der Waals surface area contributed by atoms with E-state index in [-0.39, 0.29) is 24.1 Å². The van der Waals surface area contributed by atoms with Crippen molar-refractivity contribution in [3.8, 4) is 5.75 Å². The maximum absolute atomic E-state index is 13.8. The first-order valence-electron chi connectivity index (χ1n) is 7.75. The van der Waals surface area contributed by atoms with Gasteiger partial charge in [0.1, 0.15) is 6.10 Å². The molecule has 0 radical (unpaired) electrons. The summed E-state index contributed by atoms with van der Waals surface area (Å²) >= 11 is 0. The monoisotopic (exact) mass is 295 g/mol. The van der Waals surface area contributed by atoms with Crippen molar-refractivity contribution in [1.82, 2.24) is 5.32 Å². The molecule has 118 valence electrons. The second-order valence-electron chi connectivity index (χ2n) is 6.51. The molecule has 0 saturated heterocycles. The second kappa shape index (κ2) is 6.75. The number of aryl methyl sites for hydroxylation is 1. The number of hydrogen-bond acceptors (Lipinski definition) is 3. The number of nitrogens with one attached hydrogen (secondary N) is 1. The third kappa shape index (κ3) is 4.17. The minimum absolute atomic E-state index is 0.0616. The summed E-state index contributed by atoms with van der Waals surface area (Å²) in [6.07, 6.45) is 3.44. The topological polar surface area (TPSA) is 41.5 Å². The normalized spacial score (nSPS) is 26.1. The van der Waals surface area contributed by atoms with E-state index in [1.807, 2.05) is 6.92 Å². The number of hydrogen-bond donors (Lipinski definition) is 2. The average molecular weight is 295 g/mol. The second-order valence-corrected chi connectivity index (χ2v) is 6.51. The van der Waals surface area contributed by atoms with Gasteiger partial charge in [-0.2, -0.15) is 0 Å². The van der Waals surface area contributed by atoms with Crippen LogP contribution in [0.1, 0.15) is 45.1 Å². The Labute approximate surface area is 126 Å². The van der Waals surface area contributed by atoms with Crippen molar-refractivity contribution in [2.24, 2.45) is 0 Å². The van der Waals surface area contributed by atoms with Gasteiger partial charge in [-0.25, -0.2) is 4.39 Å². The Balaban J connectivity index is 2.08. The first-order valence-corrected chi connectivity index (χ1v) is 7.75. The highest BCUT2D eigenvalue weighted by atomic mass is 19.1. The van der Waals surface area contributed by atoms with Crippen LogP contribution < -0.4 is 10.1 Å². The Morgan fingerprint density at radius 2 is 2.24 bits per heavy atom. The molecule has 0 heterocycles. The fourth-order valence-electron chi connectivity index (χ4n) is 3.22. The largest absolute Gasteiger partial charge is 0.487 e. The van der Waals surface area contributed by atoms with Gasteiger partial charge in [0.15, 0.2) is 11.6 Å². The number of aliphatic hydroxyl groups is 1. The quantitative estimate of drug-likeness (QED) is 0.876. The molecule has 1 aliphatic carbocycles. The van der Waals surface area contributed by atoms with E-state index in [0.717, 1.165) is 24.8 Å². The zero-order valence-corrected chi connectivity index (χ0v) is 13.2. The molecule has 4 heteroatoms. The Morgan fingerprint density at radius 3 is 2.90 bits per heavy atom. The van der Waals surface area contributed by atoms with Crippen LogP contribution >= 0.6 is 0 Å². The SMILES string of the molecule is Cc1ccc(F)c(OC2CCCC(CO)(NC(C)C)C2)c1. The summed E-state index contributed by atoms with van der Waals surface area (Å²) in [7, 11) is 0. The molecule has 0 aromatic heterocycles. The zero-order valence-electron chi connectivity index (χ0n) is 13.2. The average Bonchev–Trinajstić information content (AvgIpc) is 2.42. The molecule has 1 saturated carbocycles. The van der Waals surface area contributed by atoms with Crippen LogP contribution in [0.25, 0.3) is 0 Å². The van der Waals surface area contributed by atoms with E-state index >= 15 is 0 Å². The zero-order chi connectivity index (χ0) is 15.5. The standard InChI is InChI=1S/C17H26FNO2/c1-12(2)19-17(11-20)8-4-5-14(10-17)21-16-9-13(3)6-7-15(16)18/h6-7,9,12,14,19-20H,4-5,8,10-11H2,1-3H3. The maximum atomic E-state index is 13.8. The molecule has 0 bridgehead atoms. The Morgan fingerprint density at radius 1 is 1.48 bits per heavy atom. The molecule has 1 fully saturated rings. The van der Waals surface area contributed by atoms with Gasteiger partial charge in [-0.15, -0.1) is 0 Å². The van der Waals surface area contributed by atoms with Crippen LogP contribution in [0.2, 0.25) is 0 Å². The van der Waals surface area contributed by atoms with Crippen molar-refractivity contribution in [3.63, 3.8) is 0 Å². The lowest BCUT2D eigenvalue weighted by Crippen LogP contribution is -2.55. The van der Waals surface area contributed by atoms with E-state index in [1.54, 1.807) is 12.1 Å². The van der Waals surface area contributed by atoms with Gasteiger partial charge in [-0.3, -0.25) is 0 Å². The van der Waals surface area contributed by atoms with Gasteiger partial charge in [-0.1, -0.05) is 19.9 Å². The molecule has 0 spiro atoms. The predicted octanol–water partition coefficient (Wildman–Crippen LogP) is 3.18. The number of ether oxygens (including phenoxy) is 1. The van der Waals surface area contributed by atoms with E-state index in [1.165, 1.54) is 6.07 Å². The number of benzene rings is 1. The van der Waals surface area contributed by atoms with Crippen molar-refractivity contribution in [2.45, 2.75) is 64.1 Å².